The molecule has 0 saturated heterocycles. The Kier molecular flexibility index (Phi) is 10.1. The molecule has 1 atom stereocenters. The molecule has 0 bridgehead atoms. The van der Waals surface area contributed by atoms with E-state index in [9.17, 15) is 9.59 Å². The van der Waals surface area contributed by atoms with Crippen molar-refractivity contribution < 1.29 is 28.5 Å². The minimum absolute atomic E-state index is 0.121. The van der Waals surface area contributed by atoms with Gasteiger partial charge in [0.15, 0.2) is 11.5 Å². The lowest BCUT2D eigenvalue weighted by Crippen LogP contribution is -2.41. The molecule has 2 amide bonds. The zero-order chi connectivity index (χ0) is 30.1. The summed E-state index contributed by atoms with van der Waals surface area (Å²) in [6, 6.07) is 26.7. The van der Waals surface area contributed by atoms with Crippen LogP contribution in [0.25, 0.3) is 0 Å². The van der Waals surface area contributed by atoms with Crippen LogP contribution in [0.4, 0.5) is 5.69 Å². The molecule has 4 aromatic rings. The highest BCUT2D eigenvalue weighted by Crippen LogP contribution is 2.35. The topological polar surface area (TPSA) is 86.3 Å². The summed E-state index contributed by atoms with van der Waals surface area (Å²) in [6.07, 6.45) is 0.121. The van der Waals surface area contributed by atoms with E-state index < -0.39 is 11.9 Å². The lowest BCUT2D eigenvalue weighted by atomic mass is 10.0. The van der Waals surface area contributed by atoms with Crippen LogP contribution in [-0.2, 0) is 22.6 Å². The third kappa shape index (κ3) is 7.20. The third-order valence-electron chi connectivity index (χ3n) is 6.94. The van der Waals surface area contributed by atoms with Gasteiger partial charge in [-0.2, -0.15) is 0 Å². The van der Waals surface area contributed by atoms with Crippen molar-refractivity contribution >= 4 is 17.5 Å². The first-order valence-corrected chi connectivity index (χ1v) is 13.5. The first-order valence-electron chi connectivity index (χ1n) is 13.5. The first kappa shape index (κ1) is 30.0. The number of methoxy groups -OCH3 is 4. The molecule has 218 valence electrons. The van der Waals surface area contributed by atoms with Crippen molar-refractivity contribution in [2.75, 3.05) is 33.8 Å². The largest absolute Gasteiger partial charge is 0.497 e. The van der Waals surface area contributed by atoms with Gasteiger partial charge < -0.3 is 29.2 Å². The average Bonchev–Trinajstić information content (AvgIpc) is 3.02. The number of benzene rings is 4. The summed E-state index contributed by atoms with van der Waals surface area (Å²) in [5.41, 5.74) is 3.84. The fourth-order valence-corrected chi connectivity index (χ4v) is 4.68. The number of rotatable bonds is 12. The van der Waals surface area contributed by atoms with Gasteiger partial charge in [0.1, 0.15) is 17.5 Å². The van der Waals surface area contributed by atoms with Crippen molar-refractivity contribution in [1.29, 1.82) is 0 Å². The lowest BCUT2D eigenvalue weighted by molar-refractivity contribution is -0.139. The van der Waals surface area contributed by atoms with Crippen LogP contribution in [0.5, 0.6) is 23.0 Å². The van der Waals surface area contributed by atoms with Crippen LogP contribution in [0.15, 0.2) is 91.0 Å². The van der Waals surface area contributed by atoms with E-state index in [1.807, 2.05) is 61.5 Å². The Labute approximate surface area is 246 Å². The molecule has 42 heavy (non-hydrogen) atoms. The third-order valence-corrected chi connectivity index (χ3v) is 6.94. The Bertz CT molecular complexity index is 1500. The number of anilines is 1. The molecule has 0 saturated carbocycles. The van der Waals surface area contributed by atoms with Crippen LogP contribution in [0.2, 0.25) is 0 Å². The number of carbonyl (C=O) groups excluding carboxylic acids is 2. The van der Waals surface area contributed by atoms with Crippen molar-refractivity contribution in [2.24, 2.45) is 0 Å². The number of nitrogens with zero attached hydrogens (tertiary/aromatic N) is 1. The van der Waals surface area contributed by atoms with Gasteiger partial charge in [-0.05, 0) is 47.9 Å². The number of amides is 2. The number of hydrogen-bond donors (Lipinski definition) is 1. The highest BCUT2D eigenvalue weighted by Gasteiger charge is 2.33. The molecule has 0 aliphatic carbocycles. The second kappa shape index (κ2) is 14.1. The molecule has 0 heterocycles. The van der Waals surface area contributed by atoms with Crippen molar-refractivity contribution in [3.05, 3.63) is 113 Å². The molecule has 0 spiro atoms. The van der Waals surface area contributed by atoms with Gasteiger partial charge in [-0.25, -0.2) is 0 Å². The zero-order valence-electron chi connectivity index (χ0n) is 24.5. The molecule has 8 heteroatoms. The van der Waals surface area contributed by atoms with Crippen molar-refractivity contribution in [2.45, 2.75) is 25.9 Å². The quantitative estimate of drug-likeness (QED) is 0.226. The number of ether oxygens (including phenoxy) is 4. The summed E-state index contributed by atoms with van der Waals surface area (Å²) >= 11 is 0. The monoisotopic (exact) mass is 568 g/mol. The Balaban J connectivity index is 1.82. The summed E-state index contributed by atoms with van der Waals surface area (Å²) in [5.74, 6) is 1.34. The van der Waals surface area contributed by atoms with E-state index in [0.717, 1.165) is 16.7 Å². The molecule has 0 radical (unpaired) electrons. The first-order chi connectivity index (χ1) is 20.4. The number of hydrogen-bond acceptors (Lipinski definition) is 6. The van der Waals surface area contributed by atoms with E-state index in [2.05, 4.69) is 5.32 Å². The molecule has 1 N–H and O–H groups in total. The molecule has 4 aromatic carbocycles. The fraction of sp³-hybridized carbons (Fsp3) is 0.235. The highest BCUT2D eigenvalue weighted by atomic mass is 16.5. The number of nitrogens with one attached hydrogen (secondary N) is 1. The maximum absolute atomic E-state index is 14.3. The fourth-order valence-electron chi connectivity index (χ4n) is 4.68. The van der Waals surface area contributed by atoms with Gasteiger partial charge >= 0.3 is 0 Å². The predicted octanol–water partition coefficient (Wildman–Crippen LogP) is 5.98. The van der Waals surface area contributed by atoms with Crippen LogP contribution < -0.4 is 24.3 Å². The Morgan fingerprint density at radius 2 is 1.40 bits per heavy atom. The molecule has 0 aliphatic heterocycles. The molecule has 1 unspecified atom stereocenters. The molecular weight excluding hydrogens is 532 g/mol. The van der Waals surface area contributed by atoms with Crippen molar-refractivity contribution in [3.8, 4) is 23.0 Å². The van der Waals surface area contributed by atoms with Crippen molar-refractivity contribution in [3.63, 3.8) is 0 Å². The zero-order valence-corrected chi connectivity index (χ0v) is 24.5. The second-order valence-corrected chi connectivity index (χ2v) is 9.74. The molecule has 0 aromatic heterocycles. The van der Waals surface area contributed by atoms with Crippen LogP contribution in [-0.4, -0.2) is 45.2 Å². The molecular formula is C34H36N2O6. The van der Waals surface area contributed by atoms with E-state index in [1.54, 1.807) is 55.5 Å². The lowest BCUT2D eigenvalue weighted by Gasteiger charge is -2.32. The molecule has 0 aliphatic rings. The summed E-state index contributed by atoms with van der Waals surface area (Å²) in [5, 5.41) is 2.99. The van der Waals surface area contributed by atoms with Gasteiger partial charge in [0.25, 0.3) is 5.91 Å². The maximum Gasteiger partial charge on any atom is 0.251 e. The molecule has 0 fully saturated rings. The van der Waals surface area contributed by atoms with E-state index >= 15 is 0 Å². The normalized spacial score (nSPS) is 11.3. The van der Waals surface area contributed by atoms with Gasteiger partial charge in [-0.15, -0.1) is 0 Å². The SMILES string of the molecule is COc1ccc(NC(=O)C(c2ccc(OC)c(OC)c2)N(Cc2ccc(C)cc2)C(=O)Cc2ccccc2)c(OC)c1. The second-order valence-electron chi connectivity index (χ2n) is 9.74. The Morgan fingerprint density at radius 3 is 2.05 bits per heavy atom. The van der Waals surface area contributed by atoms with Crippen LogP contribution in [0, 0.1) is 6.92 Å². The van der Waals surface area contributed by atoms with Crippen molar-refractivity contribution in [1.82, 2.24) is 4.90 Å². The van der Waals surface area contributed by atoms with E-state index in [-0.39, 0.29) is 18.9 Å². The van der Waals surface area contributed by atoms with Gasteiger partial charge in [-0.3, -0.25) is 9.59 Å². The average molecular weight is 569 g/mol. The predicted molar refractivity (Wildman–Crippen MR) is 162 cm³/mol. The number of carbonyl (C=O) groups is 2. The van der Waals surface area contributed by atoms with E-state index in [1.165, 1.54) is 14.2 Å². The summed E-state index contributed by atoms with van der Waals surface area (Å²) < 4.78 is 21.8. The van der Waals surface area contributed by atoms with Gasteiger partial charge in [0, 0.05) is 12.6 Å². The van der Waals surface area contributed by atoms with Crippen LogP contribution in [0.3, 0.4) is 0 Å². The summed E-state index contributed by atoms with van der Waals surface area (Å²) in [7, 11) is 6.15. The Morgan fingerprint density at radius 1 is 0.714 bits per heavy atom. The Hall–Kier alpha value is -4.98. The van der Waals surface area contributed by atoms with Gasteiger partial charge in [0.2, 0.25) is 5.91 Å². The highest BCUT2D eigenvalue weighted by molar-refractivity contribution is 5.99. The minimum atomic E-state index is -1.02. The standard InChI is InChI=1S/C34H36N2O6/c1-23-11-13-25(14-12-23)22-36(32(37)19-24-9-7-6-8-10-24)33(26-15-18-29(40-3)31(20-26)42-5)34(38)35-28-17-16-27(39-2)21-30(28)41-4/h6-18,20-21,33H,19,22H2,1-5H3,(H,35,38). The van der Waals surface area contributed by atoms with E-state index in [4.69, 9.17) is 18.9 Å². The maximum atomic E-state index is 14.3. The van der Waals surface area contributed by atoms with Gasteiger partial charge in [-0.1, -0.05) is 66.2 Å². The van der Waals surface area contributed by atoms with Gasteiger partial charge in [0.05, 0.1) is 40.5 Å². The van der Waals surface area contributed by atoms with Crippen LogP contribution >= 0.6 is 0 Å². The summed E-state index contributed by atoms with van der Waals surface area (Å²) in [4.78, 5) is 30.0. The molecule has 4 rings (SSSR count). The smallest absolute Gasteiger partial charge is 0.251 e. The molecule has 8 nitrogen and oxygen atoms in total. The minimum Gasteiger partial charge on any atom is -0.497 e. The number of aryl methyl sites for hydroxylation is 1. The summed E-state index contributed by atoms with van der Waals surface area (Å²) in [6.45, 7) is 2.21. The van der Waals surface area contributed by atoms with Crippen LogP contribution in [0.1, 0.15) is 28.3 Å². The van der Waals surface area contributed by atoms with E-state index in [0.29, 0.717) is 34.2 Å².